The molecule has 1 aliphatic carbocycles. The summed E-state index contributed by atoms with van der Waals surface area (Å²) in [5, 5.41) is 7.61. The van der Waals surface area contributed by atoms with E-state index < -0.39 is 0 Å². The van der Waals surface area contributed by atoms with Crippen molar-refractivity contribution >= 4 is 11.6 Å². The van der Waals surface area contributed by atoms with Crippen LogP contribution >= 0.6 is 0 Å². The first-order valence-electron chi connectivity index (χ1n) is 9.28. The van der Waals surface area contributed by atoms with E-state index in [0.717, 1.165) is 22.8 Å². The number of nitrogens with one attached hydrogen (secondary N) is 1. The van der Waals surface area contributed by atoms with Crippen molar-refractivity contribution in [2.24, 2.45) is 5.92 Å². The van der Waals surface area contributed by atoms with Gasteiger partial charge in [0.25, 0.3) is 5.91 Å². The second-order valence-corrected chi connectivity index (χ2v) is 7.00. The molecular formula is C22H23N3O2. The van der Waals surface area contributed by atoms with Gasteiger partial charge in [-0.25, -0.2) is 4.68 Å². The van der Waals surface area contributed by atoms with Gasteiger partial charge in [-0.15, -0.1) is 0 Å². The number of aromatic nitrogens is 2. The third-order valence-corrected chi connectivity index (χ3v) is 4.83. The highest BCUT2D eigenvalue weighted by atomic mass is 16.5. The lowest BCUT2D eigenvalue weighted by atomic mass is 10.1. The Bertz CT molecular complexity index is 959. The molecule has 0 bridgehead atoms. The van der Waals surface area contributed by atoms with Crippen molar-refractivity contribution in [1.29, 1.82) is 0 Å². The van der Waals surface area contributed by atoms with Gasteiger partial charge in [0.15, 0.2) is 0 Å². The molecule has 27 heavy (non-hydrogen) atoms. The maximum absolute atomic E-state index is 12.9. The Kier molecular flexibility index (Phi) is 4.67. The molecule has 0 saturated heterocycles. The fourth-order valence-corrected chi connectivity index (χ4v) is 3.10. The van der Waals surface area contributed by atoms with Crippen LogP contribution in [0.4, 0.5) is 5.69 Å². The standard InChI is InChI=1S/C22H23N3O2/c1-15-21(16(2)25(24-15)18-8-4-3-5-9-18)23-22(26)19-10-6-7-11-20(19)27-14-17-12-13-17/h3-11,17H,12-14H2,1-2H3,(H,23,26). The molecule has 4 rings (SSSR count). The van der Waals surface area contributed by atoms with Crippen LogP contribution in [0.3, 0.4) is 0 Å². The normalized spacial score (nSPS) is 13.4. The van der Waals surface area contributed by atoms with Crippen LogP contribution in [-0.2, 0) is 0 Å². The predicted octanol–water partition coefficient (Wildman–Crippen LogP) is 4.53. The quantitative estimate of drug-likeness (QED) is 0.702. The third-order valence-electron chi connectivity index (χ3n) is 4.83. The molecule has 0 radical (unpaired) electrons. The molecule has 1 fully saturated rings. The summed E-state index contributed by atoms with van der Waals surface area (Å²) < 4.78 is 7.72. The van der Waals surface area contributed by atoms with E-state index in [4.69, 9.17) is 4.74 Å². The van der Waals surface area contributed by atoms with Crippen LogP contribution in [0.5, 0.6) is 5.75 Å². The molecular weight excluding hydrogens is 338 g/mol. The maximum Gasteiger partial charge on any atom is 0.259 e. The zero-order chi connectivity index (χ0) is 18.8. The van der Waals surface area contributed by atoms with Gasteiger partial charge in [0.05, 0.1) is 34.9 Å². The number of hydrogen-bond donors (Lipinski definition) is 1. The summed E-state index contributed by atoms with van der Waals surface area (Å²) in [5.41, 5.74) is 3.92. The number of aryl methyl sites for hydroxylation is 1. The Morgan fingerprint density at radius 3 is 2.56 bits per heavy atom. The number of para-hydroxylation sites is 2. The van der Waals surface area contributed by atoms with E-state index in [1.807, 2.05) is 67.1 Å². The molecule has 1 saturated carbocycles. The van der Waals surface area contributed by atoms with E-state index in [1.54, 1.807) is 6.07 Å². The van der Waals surface area contributed by atoms with Gasteiger partial charge in [-0.2, -0.15) is 5.10 Å². The van der Waals surface area contributed by atoms with Crippen LogP contribution in [0.25, 0.3) is 5.69 Å². The van der Waals surface area contributed by atoms with E-state index in [9.17, 15) is 4.79 Å². The smallest absolute Gasteiger partial charge is 0.259 e. The van der Waals surface area contributed by atoms with Crippen LogP contribution in [-0.4, -0.2) is 22.3 Å². The Balaban J connectivity index is 1.58. The zero-order valence-corrected chi connectivity index (χ0v) is 15.6. The van der Waals surface area contributed by atoms with E-state index in [0.29, 0.717) is 23.8 Å². The monoisotopic (exact) mass is 361 g/mol. The number of rotatable bonds is 6. The maximum atomic E-state index is 12.9. The number of nitrogens with zero attached hydrogens (tertiary/aromatic N) is 2. The Morgan fingerprint density at radius 1 is 1.11 bits per heavy atom. The molecule has 1 aliphatic rings. The minimum absolute atomic E-state index is 0.180. The molecule has 0 unspecified atom stereocenters. The molecule has 3 aromatic rings. The van der Waals surface area contributed by atoms with Gasteiger partial charge in [-0.05, 0) is 56.9 Å². The summed E-state index contributed by atoms with van der Waals surface area (Å²) in [5.74, 6) is 1.09. The summed E-state index contributed by atoms with van der Waals surface area (Å²) in [6.07, 6.45) is 2.43. The molecule has 1 aromatic heterocycles. The van der Waals surface area contributed by atoms with Crippen molar-refractivity contribution in [2.45, 2.75) is 26.7 Å². The number of ether oxygens (including phenoxy) is 1. The fraction of sp³-hybridized carbons (Fsp3) is 0.273. The van der Waals surface area contributed by atoms with Crippen molar-refractivity contribution in [3.05, 3.63) is 71.5 Å². The number of carbonyl (C=O) groups excluding carboxylic acids is 1. The van der Waals surface area contributed by atoms with Gasteiger partial charge in [0.1, 0.15) is 5.75 Å². The minimum atomic E-state index is -0.180. The number of hydrogen-bond acceptors (Lipinski definition) is 3. The molecule has 138 valence electrons. The second-order valence-electron chi connectivity index (χ2n) is 7.00. The van der Waals surface area contributed by atoms with Crippen LogP contribution in [0.2, 0.25) is 0 Å². The van der Waals surface area contributed by atoms with E-state index >= 15 is 0 Å². The average Bonchev–Trinajstić information content (AvgIpc) is 3.49. The molecule has 1 N–H and O–H groups in total. The van der Waals surface area contributed by atoms with E-state index in [-0.39, 0.29) is 5.91 Å². The molecule has 0 spiro atoms. The predicted molar refractivity (Wildman–Crippen MR) is 106 cm³/mol. The highest BCUT2D eigenvalue weighted by Gasteiger charge is 2.23. The van der Waals surface area contributed by atoms with Crippen molar-refractivity contribution < 1.29 is 9.53 Å². The summed E-state index contributed by atoms with van der Waals surface area (Å²) in [4.78, 5) is 12.9. The minimum Gasteiger partial charge on any atom is -0.492 e. The molecule has 5 nitrogen and oxygen atoms in total. The first kappa shape index (κ1) is 17.3. The van der Waals surface area contributed by atoms with Gasteiger partial charge >= 0.3 is 0 Å². The Hall–Kier alpha value is -3.08. The lowest BCUT2D eigenvalue weighted by Gasteiger charge is -2.12. The van der Waals surface area contributed by atoms with Gasteiger partial charge in [0.2, 0.25) is 0 Å². The largest absolute Gasteiger partial charge is 0.492 e. The number of anilines is 1. The SMILES string of the molecule is Cc1nn(-c2ccccc2)c(C)c1NC(=O)c1ccccc1OCC1CC1. The van der Waals surface area contributed by atoms with Gasteiger partial charge in [0, 0.05) is 0 Å². The van der Waals surface area contributed by atoms with Gasteiger partial charge in [-0.1, -0.05) is 30.3 Å². The van der Waals surface area contributed by atoms with Gasteiger partial charge in [-0.3, -0.25) is 4.79 Å². The molecule has 1 heterocycles. The number of carbonyl (C=O) groups is 1. The Labute approximate surface area is 159 Å². The fourth-order valence-electron chi connectivity index (χ4n) is 3.10. The summed E-state index contributed by atoms with van der Waals surface area (Å²) in [6, 6.07) is 17.3. The second kappa shape index (κ2) is 7.27. The average molecular weight is 361 g/mol. The molecule has 0 atom stereocenters. The van der Waals surface area contributed by atoms with E-state index in [1.165, 1.54) is 12.8 Å². The van der Waals surface area contributed by atoms with Crippen molar-refractivity contribution in [2.75, 3.05) is 11.9 Å². The van der Waals surface area contributed by atoms with Crippen molar-refractivity contribution in [1.82, 2.24) is 9.78 Å². The van der Waals surface area contributed by atoms with Crippen molar-refractivity contribution in [3.8, 4) is 11.4 Å². The highest BCUT2D eigenvalue weighted by molar-refractivity contribution is 6.06. The number of benzene rings is 2. The molecule has 5 heteroatoms. The van der Waals surface area contributed by atoms with E-state index in [2.05, 4.69) is 10.4 Å². The van der Waals surface area contributed by atoms with Crippen molar-refractivity contribution in [3.63, 3.8) is 0 Å². The topological polar surface area (TPSA) is 56.2 Å². The van der Waals surface area contributed by atoms with Crippen LogP contribution in [0.15, 0.2) is 54.6 Å². The van der Waals surface area contributed by atoms with Crippen LogP contribution < -0.4 is 10.1 Å². The van der Waals surface area contributed by atoms with Crippen LogP contribution in [0.1, 0.15) is 34.6 Å². The first-order chi connectivity index (χ1) is 13.1. The summed E-state index contributed by atoms with van der Waals surface area (Å²) in [7, 11) is 0. The molecule has 1 amide bonds. The molecule has 2 aromatic carbocycles. The highest BCUT2D eigenvalue weighted by Crippen LogP contribution is 2.31. The third kappa shape index (κ3) is 3.72. The van der Waals surface area contributed by atoms with Crippen LogP contribution in [0, 0.1) is 19.8 Å². The lowest BCUT2D eigenvalue weighted by Crippen LogP contribution is -2.15. The van der Waals surface area contributed by atoms with Gasteiger partial charge < -0.3 is 10.1 Å². The summed E-state index contributed by atoms with van der Waals surface area (Å²) in [6.45, 7) is 4.53. The number of amides is 1. The molecule has 0 aliphatic heterocycles. The zero-order valence-electron chi connectivity index (χ0n) is 15.6. The Morgan fingerprint density at radius 2 is 1.81 bits per heavy atom. The first-order valence-corrected chi connectivity index (χ1v) is 9.28. The lowest BCUT2D eigenvalue weighted by molar-refractivity contribution is 0.102. The summed E-state index contributed by atoms with van der Waals surface area (Å²) >= 11 is 0.